The molecule has 0 aromatic heterocycles. The van der Waals surface area contributed by atoms with Crippen molar-refractivity contribution in [2.45, 2.75) is 19.8 Å². The Morgan fingerprint density at radius 1 is 1.00 bits per heavy atom. The van der Waals surface area contributed by atoms with E-state index < -0.39 is 20.0 Å². The minimum absolute atomic E-state index is 0.143. The van der Waals surface area contributed by atoms with Gasteiger partial charge in [-0.25, -0.2) is 26.3 Å². The second-order valence-corrected chi connectivity index (χ2v) is 7.52. The standard InChI is InChI=1S/C8H20N2O4S2/c1-4-8(7-10-16(3,13)14)5-6-9-15(2,11)12/h8-10H,4-7H2,1-3H3. The van der Waals surface area contributed by atoms with Crippen LogP contribution in [0.1, 0.15) is 19.8 Å². The summed E-state index contributed by atoms with van der Waals surface area (Å²) in [5.41, 5.74) is 0. The summed E-state index contributed by atoms with van der Waals surface area (Å²) in [5.74, 6) is 0.143. The molecule has 0 saturated carbocycles. The van der Waals surface area contributed by atoms with Crippen molar-refractivity contribution in [3.8, 4) is 0 Å². The summed E-state index contributed by atoms with van der Waals surface area (Å²) >= 11 is 0. The molecule has 1 atom stereocenters. The van der Waals surface area contributed by atoms with Crippen molar-refractivity contribution in [2.75, 3.05) is 25.6 Å². The van der Waals surface area contributed by atoms with Crippen LogP contribution in [0.25, 0.3) is 0 Å². The fourth-order valence-electron chi connectivity index (χ4n) is 1.17. The number of hydrogen-bond donors (Lipinski definition) is 2. The van der Waals surface area contributed by atoms with E-state index >= 15 is 0 Å². The van der Waals surface area contributed by atoms with Crippen LogP contribution in [0.5, 0.6) is 0 Å². The molecule has 0 heterocycles. The van der Waals surface area contributed by atoms with Gasteiger partial charge < -0.3 is 0 Å². The maximum absolute atomic E-state index is 10.9. The summed E-state index contributed by atoms with van der Waals surface area (Å²) in [5, 5.41) is 0. The molecule has 8 heteroatoms. The zero-order valence-electron chi connectivity index (χ0n) is 9.86. The largest absolute Gasteiger partial charge is 0.215 e. The number of nitrogens with one attached hydrogen (secondary N) is 2. The van der Waals surface area contributed by atoms with Gasteiger partial charge in [0.25, 0.3) is 0 Å². The van der Waals surface area contributed by atoms with Gasteiger partial charge in [-0.05, 0) is 12.3 Å². The predicted octanol–water partition coefficient (Wildman–Crippen LogP) is -0.499. The van der Waals surface area contributed by atoms with E-state index in [1.165, 1.54) is 0 Å². The molecule has 0 aromatic rings. The molecule has 0 spiro atoms. The van der Waals surface area contributed by atoms with Crippen LogP contribution in [0.15, 0.2) is 0 Å². The first kappa shape index (κ1) is 15.8. The second-order valence-electron chi connectivity index (χ2n) is 3.85. The number of sulfonamides is 2. The van der Waals surface area contributed by atoms with E-state index in [0.29, 0.717) is 19.5 Å². The van der Waals surface area contributed by atoms with E-state index in [9.17, 15) is 16.8 Å². The van der Waals surface area contributed by atoms with E-state index in [1.807, 2.05) is 6.92 Å². The molecule has 0 aromatic carbocycles. The molecule has 6 nitrogen and oxygen atoms in total. The second kappa shape index (κ2) is 6.53. The minimum atomic E-state index is -3.17. The van der Waals surface area contributed by atoms with Gasteiger partial charge in [0.05, 0.1) is 12.5 Å². The van der Waals surface area contributed by atoms with Crippen molar-refractivity contribution >= 4 is 20.0 Å². The lowest BCUT2D eigenvalue weighted by molar-refractivity contribution is 0.458. The Morgan fingerprint density at radius 2 is 1.50 bits per heavy atom. The summed E-state index contributed by atoms with van der Waals surface area (Å²) in [6.45, 7) is 2.62. The van der Waals surface area contributed by atoms with E-state index in [4.69, 9.17) is 0 Å². The Labute approximate surface area is 97.9 Å². The third-order valence-electron chi connectivity index (χ3n) is 2.13. The van der Waals surface area contributed by atoms with E-state index in [0.717, 1.165) is 18.9 Å². The zero-order chi connectivity index (χ0) is 12.8. The van der Waals surface area contributed by atoms with Gasteiger partial charge in [0, 0.05) is 13.1 Å². The molecular formula is C8H20N2O4S2. The molecule has 0 aliphatic heterocycles. The molecule has 0 bridgehead atoms. The molecule has 16 heavy (non-hydrogen) atoms. The van der Waals surface area contributed by atoms with Gasteiger partial charge in [0.1, 0.15) is 0 Å². The Bertz CT molecular complexity index is 388. The first-order valence-electron chi connectivity index (χ1n) is 5.03. The number of rotatable bonds is 8. The molecule has 0 saturated heterocycles. The van der Waals surface area contributed by atoms with Crippen LogP contribution in [0.2, 0.25) is 0 Å². The molecular weight excluding hydrogens is 252 g/mol. The molecule has 1 unspecified atom stereocenters. The Morgan fingerprint density at radius 3 is 1.88 bits per heavy atom. The molecule has 0 fully saturated rings. The first-order valence-corrected chi connectivity index (χ1v) is 8.81. The molecule has 0 rings (SSSR count). The van der Waals surface area contributed by atoms with Gasteiger partial charge in [-0.3, -0.25) is 0 Å². The van der Waals surface area contributed by atoms with Gasteiger partial charge in [-0.2, -0.15) is 0 Å². The summed E-state index contributed by atoms with van der Waals surface area (Å²) < 4.78 is 48.1. The van der Waals surface area contributed by atoms with Crippen molar-refractivity contribution < 1.29 is 16.8 Å². The molecule has 0 aliphatic carbocycles. The van der Waals surface area contributed by atoms with E-state index in [2.05, 4.69) is 9.44 Å². The maximum atomic E-state index is 10.9. The topological polar surface area (TPSA) is 92.3 Å². The quantitative estimate of drug-likeness (QED) is 0.623. The lowest BCUT2D eigenvalue weighted by Crippen LogP contribution is -2.31. The average Bonchev–Trinajstić information content (AvgIpc) is 2.07. The third-order valence-corrected chi connectivity index (χ3v) is 3.55. The van der Waals surface area contributed by atoms with Gasteiger partial charge in [0.15, 0.2) is 0 Å². The van der Waals surface area contributed by atoms with Gasteiger partial charge in [-0.1, -0.05) is 13.3 Å². The predicted molar refractivity (Wildman–Crippen MR) is 64.1 cm³/mol. The van der Waals surface area contributed by atoms with Crippen LogP contribution in [-0.4, -0.2) is 42.4 Å². The van der Waals surface area contributed by atoms with E-state index in [-0.39, 0.29) is 5.92 Å². The molecule has 2 N–H and O–H groups in total. The van der Waals surface area contributed by atoms with Crippen LogP contribution >= 0.6 is 0 Å². The highest BCUT2D eigenvalue weighted by molar-refractivity contribution is 7.89. The van der Waals surface area contributed by atoms with Crippen LogP contribution in [0.4, 0.5) is 0 Å². The maximum Gasteiger partial charge on any atom is 0.208 e. The van der Waals surface area contributed by atoms with Gasteiger partial charge in [-0.15, -0.1) is 0 Å². The highest BCUT2D eigenvalue weighted by atomic mass is 32.2. The fraction of sp³-hybridized carbons (Fsp3) is 1.00. The van der Waals surface area contributed by atoms with Crippen molar-refractivity contribution in [1.29, 1.82) is 0 Å². The lowest BCUT2D eigenvalue weighted by atomic mass is 10.0. The summed E-state index contributed by atoms with van der Waals surface area (Å²) in [4.78, 5) is 0. The van der Waals surface area contributed by atoms with Crippen molar-refractivity contribution in [3.63, 3.8) is 0 Å². The monoisotopic (exact) mass is 272 g/mol. The smallest absolute Gasteiger partial charge is 0.208 e. The van der Waals surface area contributed by atoms with E-state index in [1.54, 1.807) is 0 Å². The zero-order valence-corrected chi connectivity index (χ0v) is 11.5. The minimum Gasteiger partial charge on any atom is -0.215 e. The molecule has 0 aliphatic rings. The summed E-state index contributed by atoms with van der Waals surface area (Å²) in [7, 11) is -6.33. The first-order chi connectivity index (χ1) is 7.14. The van der Waals surface area contributed by atoms with Gasteiger partial charge in [0.2, 0.25) is 20.0 Å². The fourth-order valence-corrected chi connectivity index (χ4v) is 2.20. The summed E-state index contributed by atoms with van der Waals surface area (Å²) in [6.07, 6.45) is 3.62. The highest BCUT2D eigenvalue weighted by Gasteiger charge is 2.10. The molecule has 0 radical (unpaired) electrons. The Hall–Kier alpha value is -0.180. The lowest BCUT2D eigenvalue weighted by Gasteiger charge is -2.14. The Kier molecular flexibility index (Phi) is 6.46. The molecule has 0 amide bonds. The number of hydrogen-bond acceptors (Lipinski definition) is 4. The molecule has 98 valence electrons. The van der Waals surface area contributed by atoms with Gasteiger partial charge >= 0.3 is 0 Å². The highest BCUT2D eigenvalue weighted by Crippen LogP contribution is 2.06. The van der Waals surface area contributed by atoms with Crippen molar-refractivity contribution in [1.82, 2.24) is 9.44 Å². The normalized spacial score (nSPS) is 14.9. The third kappa shape index (κ3) is 10.3. The SMILES string of the molecule is CCC(CCNS(C)(=O)=O)CNS(C)(=O)=O. The summed E-state index contributed by atoms with van der Waals surface area (Å²) in [6, 6.07) is 0. The van der Waals surface area contributed by atoms with Crippen LogP contribution < -0.4 is 9.44 Å². The van der Waals surface area contributed by atoms with Crippen molar-refractivity contribution in [3.05, 3.63) is 0 Å². The van der Waals surface area contributed by atoms with Crippen LogP contribution in [-0.2, 0) is 20.0 Å². The average molecular weight is 272 g/mol. The Balaban J connectivity index is 3.94. The van der Waals surface area contributed by atoms with Crippen molar-refractivity contribution in [2.24, 2.45) is 5.92 Å². The van der Waals surface area contributed by atoms with Crippen LogP contribution in [0.3, 0.4) is 0 Å². The van der Waals surface area contributed by atoms with Crippen LogP contribution in [0, 0.1) is 5.92 Å².